The molecule has 0 aliphatic carbocycles. The lowest BCUT2D eigenvalue weighted by atomic mass is 9.91. The fourth-order valence-electron chi connectivity index (χ4n) is 3.16. The fourth-order valence-corrected chi connectivity index (χ4v) is 3.16. The van der Waals surface area contributed by atoms with E-state index in [9.17, 15) is 9.18 Å². The molecule has 0 saturated carbocycles. The van der Waals surface area contributed by atoms with Crippen molar-refractivity contribution in [3.63, 3.8) is 0 Å². The highest BCUT2D eigenvalue weighted by atomic mass is 19.1. The van der Waals surface area contributed by atoms with Gasteiger partial charge in [-0.25, -0.2) is 4.39 Å². The first-order valence-corrected chi connectivity index (χ1v) is 7.64. The molecule has 0 aromatic heterocycles. The minimum absolute atomic E-state index is 0.114. The summed E-state index contributed by atoms with van der Waals surface area (Å²) in [7, 11) is 5.50. The quantitative estimate of drug-likeness (QED) is 0.857. The number of carbonyl (C=O) groups is 1. The zero-order valence-electron chi connectivity index (χ0n) is 14.0. The van der Waals surface area contributed by atoms with Crippen LogP contribution in [0, 0.1) is 17.7 Å². The van der Waals surface area contributed by atoms with E-state index in [1.807, 2.05) is 19.0 Å². The Morgan fingerprint density at radius 3 is 2.50 bits per heavy atom. The molecule has 22 heavy (non-hydrogen) atoms. The van der Waals surface area contributed by atoms with Gasteiger partial charge in [-0.2, -0.15) is 0 Å². The van der Waals surface area contributed by atoms with Gasteiger partial charge in [0.15, 0.2) is 11.6 Å². The van der Waals surface area contributed by atoms with E-state index in [-0.39, 0.29) is 11.7 Å². The van der Waals surface area contributed by atoms with Crippen molar-refractivity contribution >= 4 is 5.91 Å². The van der Waals surface area contributed by atoms with E-state index in [0.717, 1.165) is 0 Å². The maximum atomic E-state index is 13.8. The number of likely N-dealkylation sites (N-methyl/N-ethyl adjacent to an activating group) is 1. The Balaban J connectivity index is 2.18. The lowest BCUT2D eigenvalue weighted by Crippen LogP contribution is -2.37. The minimum atomic E-state index is -0.503. The largest absolute Gasteiger partial charge is 0.494 e. The van der Waals surface area contributed by atoms with E-state index in [1.165, 1.54) is 19.2 Å². The van der Waals surface area contributed by atoms with Crippen LogP contribution in [0.15, 0.2) is 18.2 Å². The SMILES string of the molecule is COc1ccc(C(=O)N2C[C@@H](N(C)C)[C@H](C(C)C)C2)cc1F. The summed E-state index contributed by atoms with van der Waals surface area (Å²) in [5.41, 5.74) is 0.375. The van der Waals surface area contributed by atoms with Crippen molar-refractivity contribution in [1.29, 1.82) is 0 Å². The third-order valence-electron chi connectivity index (χ3n) is 4.54. The number of methoxy groups -OCH3 is 1. The summed E-state index contributed by atoms with van der Waals surface area (Å²) in [6.45, 7) is 5.76. The molecule has 1 aromatic rings. The number of rotatable bonds is 4. The molecule has 1 amide bonds. The summed E-state index contributed by atoms with van der Waals surface area (Å²) in [5, 5.41) is 0. The fraction of sp³-hybridized carbons (Fsp3) is 0.588. The van der Waals surface area contributed by atoms with Crippen LogP contribution in [-0.4, -0.2) is 56.0 Å². The van der Waals surface area contributed by atoms with Crippen molar-refractivity contribution in [2.75, 3.05) is 34.3 Å². The number of hydrogen-bond acceptors (Lipinski definition) is 3. The standard InChI is InChI=1S/C17H25FN2O2/c1-11(2)13-9-20(10-15(13)19(3)4)17(21)12-6-7-16(22-5)14(18)8-12/h6-8,11,13,15H,9-10H2,1-5H3/t13-,15+/m0/s1. The molecular formula is C17H25FN2O2. The van der Waals surface area contributed by atoms with Crippen LogP contribution in [0.2, 0.25) is 0 Å². The van der Waals surface area contributed by atoms with Crippen LogP contribution in [-0.2, 0) is 0 Å². The van der Waals surface area contributed by atoms with Gasteiger partial charge in [0.05, 0.1) is 7.11 Å². The first kappa shape index (κ1) is 16.7. The highest BCUT2D eigenvalue weighted by Gasteiger charge is 2.38. The zero-order valence-corrected chi connectivity index (χ0v) is 14.0. The third kappa shape index (κ3) is 3.24. The van der Waals surface area contributed by atoms with E-state index < -0.39 is 5.82 Å². The van der Waals surface area contributed by atoms with Crippen LogP contribution in [0.4, 0.5) is 4.39 Å². The van der Waals surface area contributed by atoms with Crippen LogP contribution in [0.25, 0.3) is 0 Å². The van der Waals surface area contributed by atoms with Crippen LogP contribution >= 0.6 is 0 Å². The van der Waals surface area contributed by atoms with E-state index >= 15 is 0 Å². The molecule has 0 unspecified atom stereocenters. The second kappa shape index (κ2) is 6.65. The number of amides is 1. The van der Waals surface area contributed by atoms with Gasteiger partial charge < -0.3 is 14.5 Å². The number of halogens is 1. The summed E-state index contributed by atoms with van der Waals surface area (Å²) < 4.78 is 18.7. The van der Waals surface area contributed by atoms with Crippen LogP contribution in [0.1, 0.15) is 24.2 Å². The Kier molecular flexibility index (Phi) is 5.06. The maximum Gasteiger partial charge on any atom is 0.254 e. The van der Waals surface area contributed by atoms with Crippen LogP contribution < -0.4 is 4.74 Å². The van der Waals surface area contributed by atoms with Crippen molar-refractivity contribution in [1.82, 2.24) is 9.80 Å². The summed E-state index contributed by atoms with van der Waals surface area (Å²) in [6, 6.07) is 4.72. The lowest BCUT2D eigenvalue weighted by molar-refractivity contribution is 0.0779. The molecule has 2 atom stereocenters. The summed E-state index contributed by atoms with van der Waals surface area (Å²) in [5.74, 6) is 0.470. The van der Waals surface area contributed by atoms with E-state index in [2.05, 4.69) is 18.7 Å². The summed E-state index contributed by atoms with van der Waals surface area (Å²) >= 11 is 0. The average molecular weight is 308 g/mol. The van der Waals surface area contributed by atoms with Gasteiger partial charge in [0.25, 0.3) is 5.91 Å². The minimum Gasteiger partial charge on any atom is -0.494 e. The van der Waals surface area contributed by atoms with Crippen LogP contribution in [0.3, 0.4) is 0 Å². The molecule has 0 N–H and O–H groups in total. The molecule has 5 heteroatoms. The third-order valence-corrected chi connectivity index (χ3v) is 4.54. The topological polar surface area (TPSA) is 32.8 Å². The Bertz CT molecular complexity index is 529. The predicted octanol–water partition coefficient (Wildman–Crippen LogP) is 2.49. The Morgan fingerprint density at radius 2 is 2.05 bits per heavy atom. The maximum absolute atomic E-state index is 13.8. The average Bonchev–Trinajstić information content (AvgIpc) is 2.92. The molecule has 1 saturated heterocycles. The molecule has 2 rings (SSSR count). The van der Waals surface area contributed by atoms with E-state index in [0.29, 0.717) is 36.5 Å². The molecule has 122 valence electrons. The predicted molar refractivity (Wildman–Crippen MR) is 84.7 cm³/mol. The Labute approximate surface area is 131 Å². The molecule has 4 nitrogen and oxygen atoms in total. The smallest absolute Gasteiger partial charge is 0.254 e. The van der Waals surface area contributed by atoms with Gasteiger partial charge in [-0.05, 0) is 44.1 Å². The van der Waals surface area contributed by atoms with Crippen molar-refractivity contribution in [3.05, 3.63) is 29.6 Å². The van der Waals surface area contributed by atoms with Gasteiger partial charge in [-0.1, -0.05) is 13.8 Å². The van der Waals surface area contributed by atoms with Gasteiger partial charge in [0.1, 0.15) is 0 Å². The number of ether oxygens (including phenoxy) is 1. The first-order valence-electron chi connectivity index (χ1n) is 7.64. The monoisotopic (exact) mass is 308 g/mol. The highest BCUT2D eigenvalue weighted by molar-refractivity contribution is 5.94. The van der Waals surface area contributed by atoms with E-state index in [1.54, 1.807) is 6.07 Å². The van der Waals surface area contributed by atoms with Gasteiger partial charge in [0, 0.05) is 24.7 Å². The van der Waals surface area contributed by atoms with Crippen molar-refractivity contribution in [2.45, 2.75) is 19.9 Å². The zero-order chi connectivity index (χ0) is 16.4. The van der Waals surface area contributed by atoms with E-state index in [4.69, 9.17) is 4.74 Å². The molecule has 1 aliphatic rings. The Hall–Kier alpha value is -1.62. The molecule has 1 heterocycles. The lowest BCUT2D eigenvalue weighted by Gasteiger charge is -2.27. The molecule has 1 aliphatic heterocycles. The Morgan fingerprint density at radius 1 is 1.36 bits per heavy atom. The summed E-state index contributed by atoms with van der Waals surface area (Å²) in [6.07, 6.45) is 0. The second-order valence-electron chi connectivity index (χ2n) is 6.50. The van der Waals surface area contributed by atoms with Gasteiger partial charge >= 0.3 is 0 Å². The first-order chi connectivity index (χ1) is 10.3. The van der Waals surface area contributed by atoms with Gasteiger partial charge in [-0.3, -0.25) is 4.79 Å². The second-order valence-corrected chi connectivity index (χ2v) is 6.50. The van der Waals surface area contributed by atoms with Gasteiger partial charge in [0.2, 0.25) is 0 Å². The highest BCUT2D eigenvalue weighted by Crippen LogP contribution is 2.28. The molecule has 1 aromatic carbocycles. The van der Waals surface area contributed by atoms with Crippen LogP contribution in [0.5, 0.6) is 5.75 Å². The molecule has 0 radical (unpaired) electrons. The number of likely N-dealkylation sites (tertiary alicyclic amines) is 1. The molecule has 0 spiro atoms. The number of benzene rings is 1. The number of nitrogens with zero attached hydrogens (tertiary/aromatic N) is 2. The number of carbonyl (C=O) groups excluding carboxylic acids is 1. The van der Waals surface area contributed by atoms with Crippen molar-refractivity contribution < 1.29 is 13.9 Å². The molecular weight excluding hydrogens is 283 g/mol. The number of hydrogen-bond donors (Lipinski definition) is 0. The molecule has 1 fully saturated rings. The summed E-state index contributed by atoms with van der Waals surface area (Å²) in [4.78, 5) is 16.6. The normalized spacial score (nSPS) is 21.7. The van der Waals surface area contributed by atoms with Gasteiger partial charge in [-0.15, -0.1) is 0 Å². The van der Waals surface area contributed by atoms with Crippen molar-refractivity contribution in [3.8, 4) is 5.75 Å². The molecule has 0 bridgehead atoms. The van der Waals surface area contributed by atoms with Crippen molar-refractivity contribution in [2.24, 2.45) is 11.8 Å².